The number of carbonyl (C=O) groups excluding carboxylic acids is 1. The summed E-state index contributed by atoms with van der Waals surface area (Å²) in [4.78, 5) is 17.4. The van der Waals surface area contributed by atoms with E-state index in [1.54, 1.807) is 12.3 Å². The van der Waals surface area contributed by atoms with E-state index < -0.39 is 5.91 Å². The quantitative estimate of drug-likeness (QED) is 0.913. The average Bonchev–Trinajstić information content (AvgIpc) is 3.00. The zero-order valence-electron chi connectivity index (χ0n) is 12.3. The van der Waals surface area contributed by atoms with Crippen LogP contribution in [0.5, 0.6) is 11.5 Å². The Kier molecular flexibility index (Phi) is 3.82. The molecule has 22 heavy (non-hydrogen) atoms. The molecule has 0 saturated carbocycles. The number of nitrogens with two attached hydrogens (primary N) is 1. The van der Waals surface area contributed by atoms with Crippen LogP contribution in [-0.4, -0.2) is 24.2 Å². The molecule has 0 bridgehead atoms. The molecule has 0 unspecified atom stereocenters. The average molecular weight is 299 g/mol. The van der Waals surface area contributed by atoms with Gasteiger partial charge in [0.25, 0.3) is 5.91 Å². The van der Waals surface area contributed by atoms with Crippen molar-refractivity contribution in [3.05, 3.63) is 47.8 Å². The molecular formula is C16H17N3O3. The third kappa shape index (κ3) is 2.81. The van der Waals surface area contributed by atoms with Crippen LogP contribution in [0.4, 0.5) is 5.69 Å². The fraction of sp³-hybridized carbons (Fsp3) is 0.250. The summed E-state index contributed by atoms with van der Waals surface area (Å²) in [6.45, 7) is 3.80. The van der Waals surface area contributed by atoms with Crippen molar-refractivity contribution in [3.8, 4) is 11.5 Å². The number of rotatable bonds is 5. The van der Waals surface area contributed by atoms with Crippen LogP contribution >= 0.6 is 0 Å². The molecule has 0 saturated heterocycles. The molecule has 1 amide bonds. The van der Waals surface area contributed by atoms with Crippen LogP contribution < -0.4 is 20.1 Å². The first kappa shape index (κ1) is 14.2. The topological polar surface area (TPSA) is 77.7 Å². The number of hydrogen-bond acceptors (Lipinski definition) is 5. The fourth-order valence-corrected chi connectivity index (χ4v) is 2.40. The lowest BCUT2D eigenvalue weighted by atomic mass is 10.1. The van der Waals surface area contributed by atoms with Gasteiger partial charge in [-0.15, -0.1) is 0 Å². The number of fused-ring (bicyclic) bond motifs is 1. The van der Waals surface area contributed by atoms with Gasteiger partial charge in [0.15, 0.2) is 11.5 Å². The SMILES string of the molecule is CCN(Cc1ccc2c(c1)OCO2)c1ccnc(C(N)=O)c1. The maximum atomic E-state index is 11.3. The number of amides is 1. The Hall–Kier alpha value is -2.76. The third-order valence-electron chi connectivity index (χ3n) is 3.55. The maximum absolute atomic E-state index is 11.3. The number of hydrogen-bond donors (Lipinski definition) is 1. The Balaban J connectivity index is 1.82. The highest BCUT2D eigenvalue weighted by molar-refractivity contribution is 5.91. The third-order valence-corrected chi connectivity index (χ3v) is 3.55. The molecule has 0 spiro atoms. The van der Waals surface area contributed by atoms with Crippen LogP contribution in [0, 0.1) is 0 Å². The Bertz CT molecular complexity index is 703. The molecule has 6 nitrogen and oxygen atoms in total. The van der Waals surface area contributed by atoms with E-state index in [1.807, 2.05) is 24.3 Å². The van der Waals surface area contributed by atoms with Crippen molar-refractivity contribution >= 4 is 11.6 Å². The molecule has 0 atom stereocenters. The molecule has 2 aromatic rings. The second-order valence-corrected chi connectivity index (χ2v) is 4.97. The minimum absolute atomic E-state index is 0.265. The van der Waals surface area contributed by atoms with E-state index in [4.69, 9.17) is 15.2 Å². The molecule has 0 aliphatic carbocycles. The minimum Gasteiger partial charge on any atom is -0.454 e. The molecule has 1 aliphatic rings. The highest BCUT2D eigenvalue weighted by Crippen LogP contribution is 2.33. The first-order valence-corrected chi connectivity index (χ1v) is 7.06. The lowest BCUT2D eigenvalue weighted by molar-refractivity contribution is 0.0995. The molecular weight excluding hydrogens is 282 g/mol. The van der Waals surface area contributed by atoms with Gasteiger partial charge in [-0.1, -0.05) is 6.07 Å². The van der Waals surface area contributed by atoms with Crippen LogP contribution in [0.3, 0.4) is 0 Å². The van der Waals surface area contributed by atoms with Crippen LogP contribution in [0.15, 0.2) is 36.5 Å². The van der Waals surface area contributed by atoms with Crippen molar-refractivity contribution < 1.29 is 14.3 Å². The Morgan fingerprint density at radius 2 is 2.09 bits per heavy atom. The van der Waals surface area contributed by atoms with Gasteiger partial charge in [-0.3, -0.25) is 9.78 Å². The molecule has 6 heteroatoms. The summed E-state index contributed by atoms with van der Waals surface area (Å²) in [6.07, 6.45) is 1.59. The van der Waals surface area contributed by atoms with Crippen LogP contribution in [-0.2, 0) is 6.54 Å². The van der Waals surface area contributed by atoms with Gasteiger partial charge in [-0.25, -0.2) is 0 Å². The van der Waals surface area contributed by atoms with E-state index in [0.717, 1.165) is 29.3 Å². The number of carbonyl (C=O) groups is 1. The Labute approximate surface area is 128 Å². The number of aromatic nitrogens is 1. The lowest BCUT2D eigenvalue weighted by Gasteiger charge is -2.23. The first-order chi connectivity index (χ1) is 10.7. The molecule has 1 aromatic heterocycles. The molecule has 2 heterocycles. The molecule has 1 aromatic carbocycles. The van der Waals surface area contributed by atoms with Gasteiger partial charge in [0.2, 0.25) is 6.79 Å². The molecule has 114 valence electrons. The lowest BCUT2D eigenvalue weighted by Crippen LogP contribution is -2.23. The highest BCUT2D eigenvalue weighted by atomic mass is 16.7. The molecule has 0 radical (unpaired) electrons. The van der Waals surface area contributed by atoms with Gasteiger partial charge >= 0.3 is 0 Å². The molecule has 2 N–H and O–H groups in total. The predicted molar refractivity (Wildman–Crippen MR) is 82.0 cm³/mol. The van der Waals surface area contributed by atoms with Crippen molar-refractivity contribution in [2.24, 2.45) is 5.73 Å². The fourth-order valence-electron chi connectivity index (χ4n) is 2.40. The zero-order valence-corrected chi connectivity index (χ0v) is 12.3. The maximum Gasteiger partial charge on any atom is 0.267 e. The molecule has 0 fully saturated rings. The van der Waals surface area contributed by atoms with Gasteiger partial charge < -0.3 is 20.1 Å². The summed E-state index contributed by atoms with van der Waals surface area (Å²) in [5.41, 5.74) is 7.56. The predicted octanol–water partition coefficient (Wildman–Crippen LogP) is 1.94. The summed E-state index contributed by atoms with van der Waals surface area (Å²) < 4.78 is 10.7. The van der Waals surface area contributed by atoms with Crippen molar-refractivity contribution in [3.63, 3.8) is 0 Å². The number of ether oxygens (including phenoxy) is 2. The number of primary amides is 1. The van der Waals surface area contributed by atoms with Crippen molar-refractivity contribution in [1.82, 2.24) is 4.98 Å². The summed E-state index contributed by atoms with van der Waals surface area (Å²) in [5, 5.41) is 0. The van der Waals surface area contributed by atoms with Crippen LogP contribution in [0.1, 0.15) is 23.0 Å². The smallest absolute Gasteiger partial charge is 0.267 e. The van der Waals surface area contributed by atoms with Crippen LogP contribution in [0.2, 0.25) is 0 Å². The van der Waals surface area contributed by atoms with Crippen molar-refractivity contribution in [2.45, 2.75) is 13.5 Å². The number of benzene rings is 1. The standard InChI is InChI=1S/C16H17N3O3/c1-2-19(12-5-6-18-13(8-12)16(17)20)9-11-3-4-14-15(7-11)22-10-21-14/h3-8H,2,9-10H2,1H3,(H2,17,20). The second-order valence-electron chi connectivity index (χ2n) is 4.97. The van der Waals surface area contributed by atoms with E-state index >= 15 is 0 Å². The summed E-state index contributed by atoms with van der Waals surface area (Å²) >= 11 is 0. The van der Waals surface area contributed by atoms with E-state index in [2.05, 4.69) is 16.8 Å². The molecule has 3 rings (SSSR count). The normalized spacial score (nSPS) is 12.2. The number of anilines is 1. The van der Waals surface area contributed by atoms with E-state index in [1.165, 1.54) is 0 Å². The Morgan fingerprint density at radius 3 is 2.86 bits per heavy atom. The first-order valence-electron chi connectivity index (χ1n) is 7.06. The van der Waals surface area contributed by atoms with Gasteiger partial charge in [0.1, 0.15) is 5.69 Å². The largest absolute Gasteiger partial charge is 0.454 e. The summed E-state index contributed by atoms with van der Waals surface area (Å²) in [5.74, 6) is 1.01. The van der Waals surface area contributed by atoms with E-state index in [0.29, 0.717) is 6.54 Å². The van der Waals surface area contributed by atoms with Crippen molar-refractivity contribution in [2.75, 3.05) is 18.2 Å². The van der Waals surface area contributed by atoms with Crippen LogP contribution in [0.25, 0.3) is 0 Å². The van der Waals surface area contributed by atoms with E-state index in [9.17, 15) is 4.79 Å². The summed E-state index contributed by atoms with van der Waals surface area (Å²) in [7, 11) is 0. The minimum atomic E-state index is -0.527. The molecule has 1 aliphatic heterocycles. The van der Waals surface area contributed by atoms with Gasteiger partial charge in [0, 0.05) is 25.0 Å². The van der Waals surface area contributed by atoms with E-state index in [-0.39, 0.29) is 12.5 Å². The second kappa shape index (κ2) is 5.93. The zero-order chi connectivity index (χ0) is 15.5. The Morgan fingerprint density at radius 1 is 1.27 bits per heavy atom. The van der Waals surface area contributed by atoms with Gasteiger partial charge in [0.05, 0.1) is 0 Å². The van der Waals surface area contributed by atoms with Gasteiger partial charge in [-0.2, -0.15) is 0 Å². The highest BCUT2D eigenvalue weighted by Gasteiger charge is 2.15. The number of nitrogens with zero attached hydrogens (tertiary/aromatic N) is 2. The van der Waals surface area contributed by atoms with Crippen molar-refractivity contribution in [1.29, 1.82) is 0 Å². The monoisotopic (exact) mass is 299 g/mol. The number of pyridine rings is 1. The van der Waals surface area contributed by atoms with Gasteiger partial charge in [-0.05, 0) is 36.8 Å². The summed E-state index contributed by atoms with van der Waals surface area (Å²) in [6, 6.07) is 9.46.